The van der Waals surface area contributed by atoms with Crippen LogP contribution < -0.4 is 10.0 Å². The second kappa shape index (κ2) is 10.1. The summed E-state index contributed by atoms with van der Waals surface area (Å²) in [5, 5.41) is 12.6. The molecule has 0 radical (unpaired) electrons. The van der Waals surface area contributed by atoms with Crippen molar-refractivity contribution in [1.82, 2.24) is 15.0 Å². The lowest BCUT2D eigenvalue weighted by Gasteiger charge is -2.19. The Morgan fingerprint density at radius 2 is 1.77 bits per heavy atom. The number of aromatic nitrogens is 3. The van der Waals surface area contributed by atoms with Crippen LogP contribution in [0.25, 0.3) is 0 Å². The van der Waals surface area contributed by atoms with Crippen LogP contribution in [0.3, 0.4) is 0 Å². The number of hydrogen-bond acceptors (Lipinski definition) is 7. The largest absolute Gasteiger partial charge is 0.394 e. The lowest BCUT2D eigenvalue weighted by molar-refractivity contribution is 0.259. The predicted octanol–water partition coefficient (Wildman–Crippen LogP) is 2.69. The van der Waals surface area contributed by atoms with Crippen LogP contribution in [-0.4, -0.2) is 47.4 Å². The van der Waals surface area contributed by atoms with Crippen molar-refractivity contribution in [3.63, 3.8) is 0 Å². The molecule has 166 valence electrons. The molecule has 0 aliphatic rings. The molecule has 0 fully saturated rings. The normalized spacial score (nSPS) is 13.9. The Morgan fingerprint density at radius 1 is 1.10 bits per heavy atom. The second-order valence-corrected chi connectivity index (χ2v) is 9.45. The summed E-state index contributed by atoms with van der Waals surface area (Å²) in [6, 6.07) is 2.86. The van der Waals surface area contributed by atoms with Gasteiger partial charge in [-0.15, -0.1) is 0 Å². The van der Waals surface area contributed by atoms with Crippen molar-refractivity contribution in [2.75, 3.05) is 22.9 Å². The Morgan fingerprint density at radius 3 is 2.37 bits per heavy atom. The molecule has 3 N–H and O–H groups in total. The number of nitrogens with one attached hydrogen (secondary N) is 2. The van der Waals surface area contributed by atoms with Gasteiger partial charge in [-0.25, -0.2) is 17.2 Å². The predicted molar refractivity (Wildman–Crippen MR) is 111 cm³/mol. The van der Waals surface area contributed by atoms with Crippen molar-refractivity contribution in [3.8, 4) is 0 Å². The molecule has 0 bridgehead atoms. The minimum Gasteiger partial charge on any atom is -0.394 e. The number of aliphatic hydroxyl groups is 1. The quantitative estimate of drug-likeness (QED) is 0.517. The summed E-state index contributed by atoms with van der Waals surface area (Å²) in [6.45, 7) is 5.51. The number of halogens is 2. The van der Waals surface area contributed by atoms with E-state index in [1.54, 1.807) is 6.92 Å². The monoisotopic (exact) mass is 443 g/mol. The van der Waals surface area contributed by atoms with E-state index in [0.29, 0.717) is 12.3 Å². The van der Waals surface area contributed by atoms with Gasteiger partial charge in [-0.2, -0.15) is 15.0 Å². The maximum Gasteiger partial charge on any atom is 0.241 e. The van der Waals surface area contributed by atoms with Crippen molar-refractivity contribution in [1.29, 1.82) is 0 Å². The fourth-order valence-electron chi connectivity index (χ4n) is 2.99. The maximum atomic E-state index is 14.1. The summed E-state index contributed by atoms with van der Waals surface area (Å²) in [7, 11) is -3.65. The highest BCUT2D eigenvalue weighted by atomic mass is 32.2. The van der Waals surface area contributed by atoms with Crippen LogP contribution >= 0.6 is 0 Å². The molecule has 1 aromatic carbocycles. The first-order valence-electron chi connectivity index (χ1n) is 9.52. The number of aliphatic hydroxyl groups excluding tert-OH is 1. The van der Waals surface area contributed by atoms with Gasteiger partial charge in [-0.05, 0) is 42.0 Å². The third kappa shape index (κ3) is 7.45. The molecule has 2 aromatic rings. The SMILES string of the molecule is CC(C)C[C@H](CO)Nc1nc(CC(C)c2cc(F)ccc2F)nc(NS(C)(=O)=O)n1. The Balaban J connectivity index is 2.34. The Hall–Kier alpha value is -2.40. The molecule has 2 rings (SSSR count). The molecule has 0 saturated carbocycles. The lowest BCUT2D eigenvalue weighted by Crippen LogP contribution is -2.27. The molecule has 0 saturated heterocycles. The van der Waals surface area contributed by atoms with E-state index >= 15 is 0 Å². The van der Waals surface area contributed by atoms with Gasteiger partial charge in [-0.3, -0.25) is 4.72 Å². The smallest absolute Gasteiger partial charge is 0.241 e. The van der Waals surface area contributed by atoms with Crippen molar-refractivity contribution in [3.05, 3.63) is 41.2 Å². The van der Waals surface area contributed by atoms with E-state index in [0.717, 1.165) is 24.5 Å². The highest BCUT2D eigenvalue weighted by molar-refractivity contribution is 7.91. The molecule has 2 atom stereocenters. The van der Waals surface area contributed by atoms with Crippen molar-refractivity contribution < 1.29 is 22.3 Å². The maximum absolute atomic E-state index is 14.1. The molecule has 1 unspecified atom stereocenters. The molecule has 0 aliphatic heterocycles. The molecule has 0 spiro atoms. The average Bonchev–Trinajstić information content (AvgIpc) is 2.61. The van der Waals surface area contributed by atoms with Gasteiger partial charge in [0.2, 0.25) is 21.9 Å². The van der Waals surface area contributed by atoms with Gasteiger partial charge in [0.1, 0.15) is 17.5 Å². The van der Waals surface area contributed by atoms with Crippen LogP contribution in [0, 0.1) is 17.6 Å². The number of benzene rings is 1. The average molecular weight is 444 g/mol. The van der Waals surface area contributed by atoms with Gasteiger partial charge in [-0.1, -0.05) is 20.8 Å². The molecular formula is C19H27F2N5O3S. The van der Waals surface area contributed by atoms with Crippen LogP contribution in [-0.2, 0) is 16.4 Å². The molecular weight excluding hydrogens is 416 g/mol. The fraction of sp³-hybridized carbons (Fsp3) is 0.526. The first kappa shape index (κ1) is 23.9. The topological polar surface area (TPSA) is 117 Å². The molecule has 30 heavy (non-hydrogen) atoms. The summed E-state index contributed by atoms with van der Waals surface area (Å²) in [6.07, 6.45) is 1.71. The van der Waals surface area contributed by atoms with Crippen LogP contribution in [0.2, 0.25) is 0 Å². The Labute approximate surface area is 175 Å². The zero-order valence-electron chi connectivity index (χ0n) is 17.4. The van der Waals surface area contributed by atoms with E-state index in [1.807, 2.05) is 13.8 Å². The van der Waals surface area contributed by atoms with Gasteiger partial charge in [0, 0.05) is 6.42 Å². The number of sulfonamides is 1. The Kier molecular flexibility index (Phi) is 8.02. The van der Waals surface area contributed by atoms with Gasteiger partial charge in [0.15, 0.2) is 0 Å². The molecule has 8 nitrogen and oxygen atoms in total. The summed E-state index contributed by atoms with van der Waals surface area (Å²) < 4.78 is 53.0. The lowest BCUT2D eigenvalue weighted by atomic mass is 9.97. The number of hydrogen-bond donors (Lipinski definition) is 3. The summed E-state index contributed by atoms with van der Waals surface area (Å²) in [5.74, 6) is -1.22. The van der Waals surface area contributed by atoms with E-state index in [4.69, 9.17) is 0 Å². The van der Waals surface area contributed by atoms with E-state index in [-0.39, 0.29) is 42.4 Å². The van der Waals surface area contributed by atoms with E-state index in [2.05, 4.69) is 25.0 Å². The summed E-state index contributed by atoms with van der Waals surface area (Å²) >= 11 is 0. The van der Waals surface area contributed by atoms with Gasteiger partial charge >= 0.3 is 0 Å². The number of nitrogens with zero attached hydrogens (tertiary/aromatic N) is 3. The third-order valence-electron chi connectivity index (χ3n) is 4.25. The minimum atomic E-state index is -3.65. The van der Waals surface area contributed by atoms with Crippen molar-refractivity contribution in [2.45, 2.75) is 45.6 Å². The van der Waals surface area contributed by atoms with Crippen molar-refractivity contribution in [2.24, 2.45) is 5.92 Å². The number of rotatable bonds is 10. The van der Waals surface area contributed by atoms with Crippen LogP contribution in [0.15, 0.2) is 18.2 Å². The van der Waals surface area contributed by atoms with Crippen LogP contribution in [0.5, 0.6) is 0 Å². The zero-order chi connectivity index (χ0) is 22.5. The molecule has 0 amide bonds. The summed E-state index contributed by atoms with van der Waals surface area (Å²) in [5.41, 5.74) is 0.163. The first-order chi connectivity index (χ1) is 14.0. The van der Waals surface area contributed by atoms with E-state index < -0.39 is 27.6 Å². The first-order valence-corrected chi connectivity index (χ1v) is 11.4. The van der Waals surface area contributed by atoms with Gasteiger partial charge in [0.05, 0.1) is 18.9 Å². The molecule has 1 heterocycles. The molecule has 11 heteroatoms. The van der Waals surface area contributed by atoms with Crippen LogP contribution in [0.1, 0.15) is 44.5 Å². The molecule has 0 aliphatic carbocycles. The van der Waals surface area contributed by atoms with E-state index in [1.165, 1.54) is 0 Å². The highest BCUT2D eigenvalue weighted by Crippen LogP contribution is 2.24. The van der Waals surface area contributed by atoms with Crippen LogP contribution in [0.4, 0.5) is 20.7 Å². The van der Waals surface area contributed by atoms with E-state index in [9.17, 15) is 22.3 Å². The van der Waals surface area contributed by atoms with Gasteiger partial charge in [0.25, 0.3) is 0 Å². The minimum absolute atomic E-state index is 0.0813. The zero-order valence-corrected chi connectivity index (χ0v) is 18.2. The van der Waals surface area contributed by atoms with Crippen molar-refractivity contribution >= 4 is 21.9 Å². The standard InChI is InChI=1S/C19H27F2N5O3S/c1-11(2)7-14(10-27)22-18-23-17(24-19(25-18)26-30(4,28)29)8-12(3)15-9-13(20)5-6-16(15)21/h5-6,9,11-12,14,27H,7-8,10H2,1-4H3,(H2,22,23,24,25,26)/t12?,14-/m1/s1. The third-order valence-corrected chi connectivity index (χ3v) is 4.80. The van der Waals surface area contributed by atoms with Gasteiger partial charge < -0.3 is 10.4 Å². The highest BCUT2D eigenvalue weighted by Gasteiger charge is 2.18. The Bertz CT molecular complexity index is 973. The summed E-state index contributed by atoms with van der Waals surface area (Å²) in [4.78, 5) is 12.4. The number of anilines is 2. The molecule has 1 aromatic heterocycles. The second-order valence-electron chi connectivity index (χ2n) is 7.70. The fourth-order valence-corrected chi connectivity index (χ4v) is 3.42.